The summed E-state index contributed by atoms with van der Waals surface area (Å²) in [5.41, 5.74) is 6.00. The normalized spacial score (nSPS) is 23.8. The van der Waals surface area contributed by atoms with E-state index in [4.69, 9.17) is 10.8 Å². The molecule has 1 aliphatic carbocycles. The number of hydrogen-bond donors (Lipinski definition) is 2. The van der Waals surface area contributed by atoms with Gasteiger partial charge in [0.15, 0.2) is 0 Å². The summed E-state index contributed by atoms with van der Waals surface area (Å²) >= 11 is 0. The minimum Gasteiger partial charge on any atom is -0.395 e. The van der Waals surface area contributed by atoms with Crippen LogP contribution in [0.4, 0.5) is 0 Å². The molecule has 2 heteroatoms. The van der Waals surface area contributed by atoms with Gasteiger partial charge in [-0.1, -0.05) is 46.0 Å². The van der Waals surface area contributed by atoms with E-state index in [0.717, 1.165) is 5.92 Å². The van der Waals surface area contributed by atoms with Gasteiger partial charge in [-0.3, -0.25) is 0 Å². The zero-order valence-corrected chi connectivity index (χ0v) is 9.58. The van der Waals surface area contributed by atoms with Crippen LogP contribution >= 0.6 is 0 Å². The van der Waals surface area contributed by atoms with E-state index < -0.39 is 0 Å². The second-order valence-electron chi connectivity index (χ2n) is 5.07. The van der Waals surface area contributed by atoms with E-state index in [1.54, 1.807) is 0 Å². The van der Waals surface area contributed by atoms with Crippen LogP contribution in [-0.2, 0) is 0 Å². The lowest BCUT2D eigenvalue weighted by molar-refractivity contribution is 0.124. The Morgan fingerprint density at radius 2 is 1.79 bits per heavy atom. The minimum absolute atomic E-state index is 0.0156. The molecule has 0 aliphatic heterocycles. The number of rotatable bonds is 4. The molecule has 0 bridgehead atoms. The lowest BCUT2D eigenvalue weighted by Gasteiger charge is -2.36. The lowest BCUT2D eigenvalue weighted by atomic mass is 9.72. The summed E-state index contributed by atoms with van der Waals surface area (Å²) in [5.74, 6) is 1.87. The fraction of sp³-hybridized carbons (Fsp3) is 1.00. The Morgan fingerprint density at radius 3 is 2.21 bits per heavy atom. The van der Waals surface area contributed by atoms with Crippen LogP contribution in [0.15, 0.2) is 0 Å². The summed E-state index contributed by atoms with van der Waals surface area (Å²) in [6, 6.07) is -0.0156. The van der Waals surface area contributed by atoms with Crippen molar-refractivity contribution in [1.29, 1.82) is 0 Å². The van der Waals surface area contributed by atoms with Gasteiger partial charge in [-0.25, -0.2) is 0 Å². The zero-order chi connectivity index (χ0) is 10.6. The van der Waals surface area contributed by atoms with Crippen molar-refractivity contribution in [1.82, 2.24) is 0 Å². The molecule has 0 heterocycles. The van der Waals surface area contributed by atoms with E-state index in [-0.39, 0.29) is 12.6 Å². The van der Waals surface area contributed by atoms with E-state index in [0.29, 0.717) is 11.8 Å². The van der Waals surface area contributed by atoms with Crippen LogP contribution in [0.25, 0.3) is 0 Å². The molecule has 1 saturated carbocycles. The molecule has 2 atom stereocenters. The lowest BCUT2D eigenvalue weighted by Crippen LogP contribution is -2.41. The van der Waals surface area contributed by atoms with Gasteiger partial charge in [0.1, 0.15) is 0 Å². The second kappa shape index (κ2) is 5.72. The Hall–Kier alpha value is -0.0800. The molecule has 3 N–H and O–H groups in total. The quantitative estimate of drug-likeness (QED) is 0.729. The molecule has 0 spiro atoms. The third-order valence-corrected chi connectivity index (χ3v) is 3.67. The highest BCUT2D eigenvalue weighted by molar-refractivity contribution is 4.83. The summed E-state index contributed by atoms with van der Waals surface area (Å²) in [6.45, 7) is 4.60. The molecular weight excluding hydrogens is 174 g/mol. The summed E-state index contributed by atoms with van der Waals surface area (Å²) < 4.78 is 0. The predicted octanol–water partition coefficient (Wildman–Crippen LogP) is 2.16. The Bertz CT molecular complexity index is 152. The molecule has 2 nitrogen and oxygen atoms in total. The fourth-order valence-corrected chi connectivity index (χ4v) is 3.03. The first kappa shape index (κ1) is 12.0. The highest BCUT2D eigenvalue weighted by Crippen LogP contribution is 2.35. The molecule has 1 aliphatic rings. The van der Waals surface area contributed by atoms with Gasteiger partial charge >= 0.3 is 0 Å². The van der Waals surface area contributed by atoms with Crippen molar-refractivity contribution in [2.45, 2.75) is 52.0 Å². The summed E-state index contributed by atoms with van der Waals surface area (Å²) in [4.78, 5) is 0. The van der Waals surface area contributed by atoms with Gasteiger partial charge in [0.2, 0.25) is 0 Å². The van der Waals surface area contributed by atoms with E-state index in [9.17, 15) is 0 Å². The fourth-order valence-electron chi connectivity index (χ4n) is 3.03. The maximum absolute atomic E-state index is 9.16. The van der Waals surface area contributed by atoms with Crippen LogP contribution in [0, 0.1) is 17.8 Å². The molecule has 14 heavy (non-hydrogen) atoms. The number of aliphatic hydroxyl groups is 1. The van der Waals surface area contributed by atoms with Crippen LogP contribution in [0.3, 0.4) is 0 Å². The van der Waals surface area contributed by atoms with Gasteiger partial charge in [0.25, 0.3) is 0 Å². The topological polar surface area (TPSA) is 46.2 Å². The van der Waals surface area contributed by atoms with Crippen molar-refractivity contribution in [3.05, 3.63) is 0 Å². The van der Waals surface area contributed by atoms with Crippen molar-refractivity contribution in [3.63, 3.8) is 0 Å². The Kier molecular flexibility index (Phi) is 4.90. The first-order valence-corrected chi connectivity index (χ1v) is 6.03. The van der Waals surface area contributed by atoms with E-state index in [2.05, 4.69) is 13.8 Å². The first-order chi connectivity index (χ1) is 6.66. The third kappa shape index (κ3) is 2.96. The molecule has 0 aromatic heterocycles. The predicted molar refractivity (Wildman–Crippen MR) is 60.0 cm³/mol. The average Bonchev–Trinajstić information content (AvgIpc) is 2.19. The minimum atomic E-state index is -0.0156. The molecule has 0 aromatic rings. The third-order valence-electron chi connectivity index (χ3n) is 3.67. The SMILES string of the molecule is CC(C)C(C(N)CO)C1CCCCC1. The van der Waals surface area contributed by atoms with Gasteiger partial charge < -0.3 is 10.8 Å². The average molecular weight is 199 g/mol. The smallest absolute Gasteiger partial charge is 0.0585 e. The van der Waals surface area contributed by atoms with Crippen LogP contribution in [0.2, 0.25) is 0 Å². The van der Waals surface area contributed by atoms with E-state index in [1.165, 1.54) is 32.1 Å². The van der Waals surface area contributed by atoms with Crippen molar-refractivity contribution in [3.8, 4) is 0 Å². The van der Waals surface area contributed by atoms with Gasteiger partial charge in [0, 0.05) is 6.04 Å². The number of nitrogens with two attached hydrogens (primary N) is 1. The van der Waals surface area contributed by atoms with Crippen molar-refractivity contribution in [2.75, 3.05) is 6.61 Å². The molecule has 0 amide bonds. The van der Waals surface area contributed by atoms with E-state index in [1.807, 2.05) is 0 Å². The number of aliphatic hydroxyl groups excluding tert-OH is 1. The van der Waals surface area contributed by atoms with Gasteiger partial charge in [-0.2, -0.15) is 0 Å². The molecule has 0 saturated heterocycles. The summed E-state index contributed by atoms with van der Waals surface area (Å²) in [5, 5.41) is 9.16. The molecule has 1 rings (SSSR count). The van der Waals surface area contributed by atoms with Crippen molar-refractivity contribution >= 4 is 0 Å². The Morgan fingerprint density at radius 1 is 1.21 bits per heavy atom. The maximum atomic E-state index is 9.16. The van der Waals surface area contributed by atoms with Crippen LogP contribution < -0.4 is 5.73 Å². The van der Waals surface area contributed by atoms with Gasteiger partial charge in [0.05, 0.1) is 6.61 Å². The van der Waals surface area contributed by atoms with Crippen LogP contribution in [-0.4, -0.2) is 17.8 Å². The zero-order valence-electron chi connectivity index (χ0n) is 9.58. The van der Waals surface area contributed by atoms with Crippen LogP contribution in [0.5, 0.6) is 0 Å². The van der Waals surface area contributed by atoms with Gasteiger partial charge in [-0.05, 0) is 17.8 Å². The molecule has 84 valence electrons. The number of hydrogen-bond acceptors (Lipinski definition) is 2. The monoisotopic (exact) mass is 199 g/mol. The maximum Gasteiger partial charge on any atom is 0.0585 e. The van der Waals surface area contributed by atoms with Crippen molar-refractivity contribution in [2.24, 2.45) is 23.5 Å². The summed E-state index contributed by atoms with van der Waals surface area (Å²) in [6.07, 6.45) is 6.72. The standard InChI is InChI=1S/C12H25NO/c1-9(2)12(11(13)8-14)10-6-4-3-5-7-10/h9-12,14H,3-8,13H2,1-2H3. The van der Waals surface area contributed by atoms with Gasteiger partial charge in [-0.15, -0.1) is 0 Å². The largest absolute Gasteiger partial charge is 0.395 e. The molecule has 2 unspecified atom stereocenters. The Labute approximate surface area is 87.9 Å². The first-order valence-electron chi connectivity index (χ1n) is 6.03. The Balaban J connectivity index is 2.56. The second-order valence-corrected chi connectivity index (χ2v) is 5.07. The summed E-state index contributed by atoms with van der Waals surface area (Å²) in [7, 11) is 0. The van der Waals surface area contributed by atoms with Crippen LogP contribution in [0.1, 0.15) is 46.0 Å². The molecular formula is C12H25NO. The highest BCUT2D eigenvalue weighted by Gasteiger charge is 2.30. The highest BCUT2D eigenvalue weighted by atomic mass is 16.3. The molecule has 1 fully saturated rings. The van der Waals surface area contributed by atoms with Crippen molar-refractivity contribution < 1.29 is 5.11 Å². The molecule has 0 radical (unpaired) electrons. The molecule has 0 aromatic carbocycles. The van der Waals surface area contributed by atoms with E-state index >= 15 is 0 Å².